The van der Waals surface area contributed by atoms with E-state index in [1.807, 2.05) is 0 Å². The third kappa shape index (κ3) is 4.70. The van der Waals surface area contributed by atoms with Gasteiger partial charge < -0.3 is 4.74 Å². The predicted molar refractivity (Wildman–Crippen MR) is 123 cm³/mol. The maximum atomic E-state index is 13.1. The van der Waals surface area contributed by atoms with Crippen LogP contribution in [0, 0.1) is 0 Å². The van der Waals surface area contributed by atoms with Gasteiger partial charge in [0.2, 0.25) is 0 Å². The Hall–Kier alpha value is -1.79. The Morgan fingerprint density at radius 1 is 0.839 bits per heavy atom. The Bertz CT molecular complexity index is 1010. The molecule has 5 nitrogen and oxygen atoms in total. The molecular formula is C22H19Cl4NO4. The topological polar surface area (TPSA) is 63.7 Å². The van der Waals surface area contributed by atoms with Crippen LogP contribution in [-0.4, -0.2) is 17.8 Å². The molecule has 0 aliphatic carbocycles. The normalized spacial score (nSPS) is 13.0. The number of rotatable bonds is 8. The number of hydrogen-bond donors (Lipinski definition) is 0. The van der Waals surface area contributed by atoms with E-state index in [1.54, 1.807) is 12.1 Å². The number of halogens is 4. The quantitative estimate of drug-likeness (QED) is 0.0943. The van der Waals surface area contributed by atoms with E-state index in [0.29, 0.717) is 6.42 Å². The zero-order valence-corrected chi connectivity index (χ0v) is 19.7. The lowest BCUT2D eigenvalue weighted by Crippen LogP contribution is -2.30. The molecule has 0 N–H and O–H groups in total. The standard InChI is InChI=1S/C22H19Cl4NO4/c1-2-3-4-5-6-11-14(28)31-13-10-8-7-9-12(13)27-21(29)15-16(22(27)30)18(24)20(26)19(25)17(15)23/h7-10H,2-6,11H2,1H3. The first kappa shape index (κ1) is 23.9. The molecule has 0 radical (unpaired) electrons. The Labute approximate surface area is 200 Å². The average Bonchev–Trinajstić information content (AvgIpc) is 3.01. The molecule has 164 valence electrons. The van der Waals surface area contributed by atoms with Crippen LogP contribution >= 0.6 is 46.4 Å². The van der Waals surface area contributed by atoms with Crippen molar-refractivity contribution in [3.8, 4) is 5.75 Å². The van der Waals surface area contributed by atoms with Gasteiger partial charge in [-0.2, -0.15) is 0 Å². The van der Waals surface area contributed by atoms with Gasteiger partial charge in [-0.25, -0.2) is 4.90 Å². The van der Waals surface area contributed by atoms with Gasteiger partial charge in [0.15, 0.2) is 5.75 Å². The van der Waals surface area contributed by atoms with Gasteiger partial charge in [0.1, 0.15) is 0 Å². The van der Waals surface area contributed by atoms with Crippen LogP contribution in [0.3, 0.4) is 0 Å². The zero-order chi connectivity index (χ0) is 22.7. The highest BCUT2D eigenvalue weighted by Crippen LogP contribution is 2.46. The SMILES string of the molecule is CCCCCCCC(=O)Oc1ccccc1N1C(=O)c2c(Cl)c(Cl)c(Cl)c(Cl)c2C1=O. The Morgan fingerprint density at radius 3 is 1.97 bits per heavy atom. The molecule has 0 bridgehead atoms. The summed E-state index contributed by atoms with van der Waals surface area (Å²) in [6.45, 7) is 2.12. The van der Waals surface area contributed by atoms with Crippen LogP contribution < -0.4 is 9.64 Å². The van der Waals surface area contributed by atoms with E-state index in [4.69, 9.17) is 51.1 Å². The summed E-state index contributed by atoms with van der Waals surface area (Å²) in [6.07, 6.45) is 5.17. The fourth-order valence-corrected chi connectivity index (χ4v) is 4.36. The van der Waals surface area contributed by atoms with Crippen molar-refractivity contribution in [1.82, 2.24) is 0 Å². The number of anilines is 1. The molecule has 1 aliphatic heterocycles. The summed E-state index contributed by atoms with van der Waals surface area (Å²) in [5.74, 6) is -1.82. The number of nitrogens with zero attached hydrogens (tertiary/aromatic N) is 1. The van der Waals surface area contributed by atoms with Gasteiger partial charge in [-0.1, -0.05) is 91.1 Å². The first-order chi connectivity index (χ1) is 14.8. The molecule has 31 heavy (non-hydrogen) atoms. The molecule has 0 atom stereocenters. The summed E-state index contributed by atoms with van der Waals surface area (Å²) in [5.41, 5.74) is -0.168. The molecule has 0 unspecified atom stereocenters. The lowest BCUT2D eigenvalue weighted by molar-refractivity contribution is -0.134. The number of amides is 2. The third-order valence-corrected chi connectivity index (χ3v) is 6.72. The number of imide groups is 1. The summed E-state index contributed by atoms with van der Waals surface area (Å²) in [6, 6.07) is 6.26. The van der Waals surface area contributed by atoms with E-state index in [1.165, 1.54) is 12.1 Å². The van der Waals surface area contributed by atoms with Crippen LogP contribution in [0.2, 0.25) is 20.1 Å². The van der Waals surface area contributed by atoms with Crippen molar-refractivity contribution in [3.05, 3.63) is 55.5 Å². The Kier molecular flexibility index (Phi) is 7.87. The molecule has 1 heterocycles. The number of hydrogen-bond acceptors (Lipinski definition) is 4. The number of esters is 1. The summed E-state index contributed by atoms with van der Waals surface area (Å²) >= 11 is 24.5. The minimum Gasteiger partial charge on any atom is -0.424 e. The number of ether oxygens (including phenoxy) is 1. The van der Waals surface area contributed by atoms with Gasteiger partial charge in [0, 0.05) is 6.42 Å². The summed E-state index contributed by atoms with van der Waals surface area (Å²) < 4.78 is 5.46. The van der Waals surface area contributed by atoms with Crippen LogP contribution in [0.1, 0.15) is 66.2 Å². The molecule has 2 amide bonds. The van der Waals surface area contributed by atoms with E-state index < -0.39 is 17.8 Å². The number of fused-ring (bicyclic) bond motifs is 1. The molecule has 0 saturated carbocycles. The van der Waals surface area contributed by atoms with E-state index in [2.05, 4.69) is 6.92 Å². The smallest absolute Gasteiger partial charge is 0.311 e. The van der Waals surface area contributed by atoms with Gasteiger partial charge in [-0.05, 0) is 18.6 Å². The molecule has 1 aliphatic rings. The second-order valence-corrected chi connectivity index (χ2v) is 8.57. The number of carbonyl (C=O) groups is 3. The predicted octanol–water partition coefficient (Wildman–Crippen LogP) is 7.37. The fourth-order valence-electron chi connectivity index (χ4n) is 3.34. The van der Waals surface area contributed by atoms with Crippen molar-refractivity contribution in [2.75, 3.05) is 4.90 Å². The van der Waals surface area contributed by atoms with Crippen molar-refractivity contribution in [2.45, 2.75) is 45.4 Å². The van der Waals surface area contributed by atoms with Gasteiger partial charge in [0.25, 0.3) is 11.8 Å². The second-order valence-electron chi connectivity index (χ2n) is 7.06. The summed E-state index contributed by atoms with van der Waals surface area (Å²) in [5, 5.41) is -0.544. The molecule has 2 aromatic rings. The van der Waals surface area contributed by atoms with Crippen molar-refractivity contribution in [3.63, 3.8) is 0 Å². The van der Waals surface area contributed by atoms with Crippen LogP contribution in [0.5, 0.6) is 5.75 Å². The lowest BCUT2D eigenvalue weighted by Gasteiger charge is -2.17. The van der Waals surface area contributed by atoms with Gasteiger partial charge >= 0.3 is 5.97 Å². The molecule has 0 saturated heterocycles. The number of unbranched alkanes of at least 4 members (excludes halogenated alkanes) is 4. The van der Waals surface area contributed by atoms with Crippen molar-refractivity contribution < 1.29 is 19.1 Å². The van der Waals surface area contributed by atoms with Crippen molar-refractivity contribution in [2.24, 2.45) is 0 Å². The highest BCUT2D eigenvalue weighted by molar-refractivity contribution is 6.56. The van der Waals surface area contributed by atoms with Gasteiger partial charge in [0.05, 0.1) is 36.9 Å². The van der Waals surface area contributed by atoms with E-state index in [9.17, 15) is 14.4 Å². The highest BCUT2D eigenvalue weighted by Gasteiger charge is 2.43. The first-order valence-corrected chi connectivity index (χ1v) is 11.3. The largest absolute Gasteiger partial charge is 0.424 e. The molecule has 3 rings (SSSR count). The maximum absolute atomic E-state index is 13.1. The summed E-state index contributed by atoms with van der Waals surface area (Å²) in [4.78, 5) is 39.3. The van der Waals surface area contributed by atoms with Crippen LogP contribution in [0.4, 0.5) is 5.69 Å². The van der Waals surface area contributed by atoms with Crippen LogP contribution in [-0.2, 0) is 4.79 Å². The average molecular weight is 503 g/mol. The van der Waals surface area contributed by atoms with Gasteiger partial charge in [-0.15, -0.1) is 0 Å². The highest BCUT2D eigenvalue weighted by atomic mass is 35.5. The molecule has 2 aromatic carbocycles. The minimum atomic E-state index is -0.728. The zero-order valence-electron chi connectivity index (χ0n) is 16.6. The minimum absolute atomic E-state index is 0.0833. The Morgan fingerprint density at radius 2 is 1.39 bits per heavy atom. The van der Waals surface area contributed by atoms with Crippen molar-refractivity contribution in [1.29, 1.82) is 0 Å². The monoisotopic (exact) mass is 501 g/mol. The third-order valence-electron chi connectivity index (χ3n) is 4.92. The van der Waals surface area contributed by atoms with E-state index in [-0.39, 0.29) is 49.1 Å². The van der Waals surface area contributed by atoms with Crippen LogP contribution in [0.25, 0.3) is 0 Å². The number of para-hydroxylation sites is 2. The number of benzene rings is 2. The second kappa shape index (κ2) is 10.2. The molecule has 9 heteroatoms. The van der Waals surface area contributed by atoms with Gasteiger partial charge in [-0.3, -0.25) is 14.4 Å². The first-order valence-electron chi connectivity index (χ1n) is 9.84. The van der Waals surface area contributed by atoms with Crippen LogP contribution in [0.15, 0.2) is 24.3 Å². The summed E-state index contributed by atoms with van der Waals surface area (Å²) in [7, 11) is 0. The van der Waals surface area contributed by atoms with E-state index in [0.717, 1.165) is 30.6 Å². The van der Waals surface area contributed by atoms with E-state index >= 15 is 0 Å². The molecular weight excluding hydrogens is 484 g/mol. The Balaban J connectivity index is 1.87. The number of carbonyl (C=O) groups excluding carboxylic acids is 3. The molecule has 0 fully saturated rings. The molecule has 0 spiro atoms. The molecule has 0 aromatic heterocycles. The maximum Gasteiger partial charge on any atom is 0.311 e. The van der Waals surface area contributed by atoms with Crippen molar-refractivity contribution >= 4 is 69.9 Å². The lowest BCUT2D eigenvalue weighted by atomic mass is 10.1. The fraction of sp³-hybridized carbons (Fsp3) is 0.318.